The molecule has 1 atom stereocenters. The Morgan fingerprint density at radius 1 is 1.14 bits per heavy atom. The van der Waals surface area contributed by atoms with Crippen molar-refractivity contribution < 1.29 is 19.1 Å². The second-order valence-corrected chi connectivity index (χ2v) is 7.19. The van der Waals surface area contributed by atoms with Gasteiger partial charge in [0.05, 0.1) is 19.2 Å². The van der Waals surface area contributed by atoms with E-state index in [0.29, 0.717) is 6.54 Å². The van der Waals surface area contributed by atoms with Crippen LogP contribution in [-0.4, -0.2) is 79.9 Å². The first-order chi connectivity index (χ1) is 13.5. The SMILES string of the molecule is COc1ccccc1N1CCN(CCCN2C(=O)C[C@H](NC(C)=O)C2=O)CC1. The van der Waals surface area contributed by atoms with Crippen molar-refractivity contribution in [3.05, 3.63) is 24.3 Å². The minimum Gasteiger partial charge on any atom is -0.495 e. The van der Waals surface area contributed by atoms with Crippen LogP contribution in [0.4, 0.5) is 5.69 Å². The third kappa shape index (κ3) is 4.62. The van der Waals surface area contributed by atoms with Gasteiger partial charge in [-0.15, -0.1) is 0 Å². The van der Waals surface area contributed by atoms with Crippen molar-refractivity contribution in [1.29, 1.82) is 0 Å². The molecule has 0 saturated carbocycles. The van der Waals surface area contributed by atoms with Gasteiger partial charge in [0.1, 0.15) is 11.8 Å². The molecule has 152 valence electrons. The maximum absolute atomic E-state index is 12.3. The lowest BCUT2D eigenvalue weighted by Gasteiger charge is -2.36. The van der Waals surface area contributed by atoms with Crippen molar-refractivity contribution in [1.82, 2.24) is 15.1 Å². The van der Waals surface area contributed by atoms with Gasteiger partial charge in [-0.3, -0.25) is 24.2 Å². The summed E-state index contributed by atoms with van der Waals surface area (Å²) in [5, 5.41) is 2.54. The third-order valence-corrected chi connectivity index (χ3v) is 5.28. The van der Waals surface area contributed by atoms with Crippen LogP contribution in [0.25, 0.3) is 0 Å². The number of hydrogen-bond acceptors (Lipinski definition) is 6. The number of piperazine rings is 1. The van der Waals surface area contributed by atoms with Crippen molar-refractivity contribution >= 4 is 23.4 Å². The van der Waals surface area contributed by atoms with Crippen molar-refractivity contribution in [3.63, 3.8) is 0 Å². The number of carbonyl (C=O) groups excluding carboxylic acids is 3. The zero-order chi connectivity index (χ0) is 20.1. The summed E-state index contributed by atoms with van der Waals surface area (Å²) in [6.45, 7) is 6.26. The highest BCUT2D eigenvalue weighted by Gasteiger charge is 2.38. The summed E-state index contributed by atoms with van der Waals surface area (Å²) in [6, 6.07) is 7.33. The van der Waals surface area contributed by atoms with Crippen LogP contribution in [-0.2, 0) is 14.4 Å². The van der Waals surface area contributed by atoms with Gasteiger partial charge < -0.3 is 15.0 Å². The molecule has 1 aromatic rings. The maximum atomic E-state index is 12.3. The average Bonchev–Trinajstić information content (AvgIpc) is 2.95. The molecule has 0 radical (unpaired) electrons. The molecule has 3 amide bonds. The number of ether oxygens (including phenoxy) is 1. The molecule has 2 fully saturated rings. The van der Waals surface area contributed by atoms with Crippen LogP contribution in [0, 0.1) is 0 Å². The first-order valence-electron chi connectivity index (χ1n) is 9.71. The van der Waals surface area contributed by atoms with Gasteiger partial charge >= 0.3 is 0 Å². The van der Waals surface area contributed by atoms with Crippen molar-refractivity contribution in [2.24, 2.45) is 0 Å². The van der Waals surface area contributed by atoms with E-state index in [4.69, 9.17) is 4.74 Å². The predicted octanol–water partition coefficient (Wildman–Crippen LogP) is 0.471. The van der Waals surface area contributed by atoms with Crippen LogP contribution < -0.4 is 15.0 Å². The van der Waals surface area contributed by atoms with Gasteiger partial charge in [-0.1, -0.05) is 12.1 Å². The maximum Gasteiger partial charge on any atom is 0.252 e. The standard InChI is InChI=1S/C20H28N4O4/c1-15(25)21-16-14-19(26)24(20(16)27)9-5-8-22-10-12-23(13-11-22)17-6-3-4-7-18(17)28-2/h3-4,6-7,16H,5,8-14H2,1-2H3,(H,21,25)/t16-/m0/s1. The second kappa shape index (κ2) is 9.05. The highest BCUT2D eigenvalue weighted by atomic mass is 16.5. The van der Waals surface area contributed by atoms with Gasteiger partial charge in [-0.25, -0.2) is 0 Å². The lowest BCUT2D eigenvalue weighted by Crippen LogP contribution is -2.47. The van der Waals surface area contributed by atoms with Crippen LogP contribution in [0.15, 0.2) is 24.3 Å². The van der Waals surface area contributed by atoms with Crippen molar-refractivity contribution in [2.75, 3.05) is 51.3 Å². The first kappa shape index (κ1) is 20.1. The summed E-state index contributed by atoms with van der Waals surface area (Å²) in [5.74, 6) is 0.0996. The molecule has 0 spiro atoms. The molecule has 1 aromatic carbocycles. The smallest absolute Gasteiger partial charge is 0.252 e. The first-order valence-corrected chi connectivity index (χ1v) is 9.71. The molecule has 2 saturated heterocycles. The number of anilines is 1. The van der Waals surface area contributed by atoms with E-state index >= 15 is 0 Å². The quantitative estimate of drug-likeness (QED) is 0.684. The highest BCUT2D eigenvalue weighted by Crippen LogP contribution is 2.28. The van der Waals surface area contributed by atoms with Crippen LogP contribution in [0.3, 0.4) is 0 Å². The molecular formula is C20H28N4O4. The van der Waals surface area contributed by atoms with E-state index in [1.54, 1.807) is 7.11 Å². The fourth-order valence-electron chi connectivity index (χ4n) is 3.83. The summed E-state index contributed by atoms with van der Waals surface area (Å²) < 4.78 is 5.45. The van der Waals surface area contributed by atoms with E-state index in [9.17, 15) is 14.4 Å². The minimum atomic E-state index is -0.700. The van der Waals surface area contributed by atoms with Crippen molar-refractivity contribution in [3.8, 4) is 5.75 Å². The largest absolute Gasteiger partial charge is 0.495 e. The summed E-state index contributed by atoms with van der Waals surface area (Å²) in [5.41, 5.74) is 1.11. The molecule has 0 aliphatic carbocycles. The molecule has 2 aliphatic heterocycles. The topological polar surface area (TPSA) is 82.2 Å². The molecule has 0 unspecified atom stereocenters. The number of rotatable bonds is 7. The Morgan fingerprint density at radius 2 is 1.86 bits per heavy atom. The Balaban J connectivity index is 1.43. The zero-order valence-corrected chi connectivity index (χ0v) is 16.5. The van der Waals surface area contributed by atoms with Crippen LogP contribution >= 0.6 is 0 Å². The summed E-state index contributed by atoms with van der Waals surface area (Å²) in [7, 11) is 1.69. The van der Waals surface area contributed by atoms with Gasteiger partial charge in [-0.05, 0) is 25.1 Å². The van der Waals surface area contributed by atoms with Crippen molar-refractivity contribution in [2.45, 2.75) is 25.8 Å². The number of carbonyl (C=O) groups is 3. The third-order valence-electron chi connectivity index (χ3n) is 5.28. The van der Waals surface area contributed by atoms with Gasteiger partial charge in [0, 0.05) is 39.6 Å². The average molecular weight is 388 g/mol. The Morgan fingerprint density at radius 3 is 2.54 bits per heavy atom. The lowest BCUT2D eigenvalue weighted by atomic mass is 10.2. The van der Waals surface area contributed by atoms with Gasteiger partial charge in [0.25, 0.3) is 5.91 Å². The Kier molecular flexibility index (Phi) is 6.51. The minimum absolute atomic E-state index is 0.0655. The number of para-hydroxylation sites is 2. The Bertz CT molecular complexity index is 731. The molecule has 8 nitrogen and oxygen atoms in total. The molecule has 28 heavy (non-hydrogen) atoms. The Hall–Kier alpha value is -2.61. The monoisotopic (exact) mass is 388 g/mol. The number of hydrogen-bond donors (Lipinski definition) is 1. The molecular weight excluding hydrogens is 360 g/mol. The van der Waals surface area contributed by atoms with E-state index in [1.165, 1.54) is 11.8 Å². The normalized spacial score (nSPS) is 20.6. The van der Waals surface area contributed by atoms with Crippen LogP contribution in [0.5, 0.6) is 5.75 Å². The molecule has 0 bridgehead atoms. The van der Waals surface area contributed by atoms with E-state index in [-0.39, 0.29) is 24.1 Å². The zero-order valence-electron chi connectivity index (χ0n) is 16.5. The van der Waals surface area contributed by atoms with E-state index in [2.05, 4.69) is 21.2 Å². The van der Waals surface area contributed by atoms with Crippen LogP contribution in [0.1, 0.15) is 19.8 Å². The van der Waals surface area contributed by atoms with Crippen LogP contribution in [0.2, 0.25) is 0 Å². The predicted molar refractivity (Wildman–Crippen MR) is 105 cm³/mol. The summed E-state index contributed by atoms with van der Waals surface area (Å²) >= 11 is 0. The Labute approximate surface area is 165 Å². The summed E-state index contributed by atoms with van der Waals surface area (Å²) in [4.78, 5) is 41.4. The molecule has 3 rings (SSSR count). The second-order valence-electron chi connectivity index (χ2n) is 7.19. The van der Waals surface area contributed by atoms with E-state index in [1.807, 2.05) is 18.2 Å². The van der Waals surface area contributed by atoms with E-state index < -0.39 is 6.04 Å². The highest BCUT2D eigenvalue weighted by molar-refractivity contribution is 6.06. The lowest BCUT2D eigenvalue weighted by molar-refractivity contribution is -0.139. The number of methoxy groups -OCH3 is 1. The molecule has 1 N–H and O–H groups in total. The number of amides is 3. The number of likely N-dealkylation sites (tertiary alicyclic amines) is 1. The van der Waals surface area contributed by atoms with Gasteiger partial charge in [-0.2, -0.15) is 0 Å². The van der Waals surface area contributed by atoms with Gasteiger partial charge in [0.15, 0.2) is 0 Å². The summed E-state index contributed by atoms with van der Waals surface area (Å²) in [6.07, 6.45) is 0.801. The molecule has 2 aliphatic rings. The number of nitrogens with zero attached hydrogens (tertiary/aromatic N) is 3. The number of benzene rings is 1. The fourth-order valence-corrected chi connectivity index (χ4v) is 3.83. The molecule has 2 heterocycles. The molecule has 8 heteroatoms. The van der Waals surface area contributed by atoms with Gasteiger partial charge in [0.2, 0.25) is 11.8 Å². The molecule has 0 aromatic heterocycles. The number of nitrogens with one attached hydrogen (secondary N) is 1. The fraction of sp³-hybridized carbons (Fsp3) is 0.550. The number of imide groups is 1. The van der Waals surface area contributed by atoms with E-state index in [0.717, 1.165) is 50.6 Å².